The average molecular weight is 129 g/mol. The van der Waals surface area contributed by atoms with Gasteiger partial charge in [0.15, 0.2) is 0 Å². The highest BCUT2D eigenvalue weighted by atomic mass is 16.5. The quantitative estimate of drug-likeness (QED) is 0.536. The van der Waals surface area contributed by atoms with E-state index in [9.17, 15) is 4.79 Å². The van der Waals surface area contributed by atoms with Crippen molar-refractivity contribution >= 4 is 6.47 Å². The van der Waals surface area contributed by atoms with Gasteiger partial charge in [0.2, 0.25) is 0 Å². The van der Waals surface area contributed by atoms with Crippen LogP contribution in [0, 0.1) is 12.8 Å². The highest BCUT2D eigenvalue weighted by Crippen LogP contribution is 2.08. The standard InChI is InChI=1S/C7H13O2/c1-4-6(2)7(3)9-5-8/h5-7H,3-4H2,1-2H3. The van der Waals surface area contributed by atoms with Crippen molar-refractivity contribution in [3.63, 3.8) is 0 Å². The smallest absolute Gasteiger partial charge is 0.293 e. The van der Waals surface area contributed by atoms with Crippen LogP contribution >= 0.6 is 0 Å². The van der Waals surface area contributed by atoms with Crippen LogP contribution in [0.15, 0.2) is 0 Å². The molecule has 2 nitrogen and oxygen atoms in total. The first-order valence-corrected chi connectivity index (χ1v) is 3.14. The largest absolute Gasteiger partial charge is 0.464 e. The van der Waals surface area contributed by atoms with Crippen LogP contribution in [0.25, 0.3) is 0 Å². The molecule has 0 aliphatic carbocycles. The van der Waals surface area contributed by atoms with E-state index >= 15 is 0 Å². The SMILES string of the molecule is [CH2]C(OC=O)C(C)CC. The Kier molecular flexibility index (Phi) is 4.10. The third kappa shape index (κ3) is 3.12. The molecule has 0 rings (SSSR count). The number of hydrogen-bond acceptors (Lipinski definition) is 2. The summed E-state index contributed by atoms with van der Waals surface area (Å²) >= 11 is 0. The summed E-state index contributed by atoms with van der Waals surface area (Å²) in [7, 11) is 0. The molecule has 0 bridgehead atoms. The van der Waals surface area contributed by atoms with Crippen molar-refractivity contribution in [3.8, 4) is 0 Å². The van der Waals surface area contributed by atoms with Crippen LogP contribution in [-0.4, -0.2) is 12.6 Å². The monoisotopic (exact) mass is 129 g/mol. The van der Waals surface area contributed by atoms with Crippen LogP contribution in [0.2, 0.25) is 0 Å². The molecule has 0 saturated heterocycles. The van der Waals surface area contributed by atoms with Gasteiger partial charge in [-0.05, 0) is 12.8 Å². The lowest BCUT2D eigenvalue weighted by atomic mass is 10.0. The Labute approximate surface area is 56.2 Å². The molecule has 0 aliphatic rings. The number of rotatable bonds is 4. The number of ether oxygens (including phenoxy) is 1. The molecule has 1 radical (unpaired) electrons. The number of carbonyl (C=O) groups excluding carboxylic acids is 1. The number of hydrogen-bond donors (Lipinski definition) is 0. The molecule has 0 aromatic carbocycles. The Morgan fingerprint density at radius 1 is 1.78 bits per heavy atom. The molecule has 2 unspecified atom stereocenters. The van der Waals surface area contributed by atoms with Crippen molar-refractivity contribution in [1.82, 2.24) is 0 Å². The van der Waals surface area contributed by atoms with E-state index < -0.39 is 0 Å². The molecule has 0 aliphatic heterocycles. The predicted octanol–water partition coefficient (Wildman–Crippen LogP) is 1.41. The summed E-state index contributed by atoms with van der Waals surface area (Å²) in [5.74, 6) is 0.357. The van der Waals surface area contributed by atoms with Gasteiger partial charge in [0.1, 0.15) is 6.10 Å². The Balaban J connectivity index is 3.44. The van der Waals surface area contributed by atoms with Crippen molar-refractivity contribution in [2.75, 3.05) is 0 Å². The molecule has 0 fully saturated rings. The Morgan fingerprint density at radius 3 is 2.67 bits per heavy atom. The second kappa shape index (κ2) is 4.36. The molecule has 0 aromatic heterocycles. The van der Waals surface area contributed by atoms with Gasteiger partial charge in [0.25, 0.3) is 6.47 Å². The fourth-order valence-electron chi connectivity index (χ4n) is 0.468. The highest BCUT2D eigenvalue weighted by molar-refractivity contribution is 5.37. The van der Waals surface area contributed by atoms with Crippen LogP contribution in [0.5, 0.6) is 0 Å². The van der Waals surface area contributed by atoms with Gasteiger partial charge in [-0.25, -0.2) is 0 Å². The van der Waals surface area contributed by atoms with Crippen molar-refractivity contribution in [2.24, 2.45) is 5.92 Å². The van der Waals surface area contributed by atoms with Gasteiger partial charge < -0.3 is 4.74 Å². The summed E-state index contributed by atoms with van der Waals surface area (Å²) in [6.07, 6.45) is 0.801. The average Bonchev–Trinajstić information content (AvgIpc) is 1.87. The van der Waals surface area contributed by atoms with Gasteiger partial charge in [-0.1, -0.05) is 20.3 Å². The fraction of sp³-hybridized carbons (Fsp3) is 0.714. The summed E-state index contributed by atoms with van der Waals surface area (Å²) in [5, 5.41) is 0. The maximum absolute atomic E-state index is 9.77. The van der Waals surface area contributed by atoms with E-state index in [1.54, 1.807) is 0 Å². The third-order valence-corrected chi connectivity index (χ3v) is 1.51. The minimum atomic E-state index is -0.188. The molecule has 2 heteroatoms. The molecule has 0 aromatic rings. The second-order valence-corrected chi connectivity index (χ2v) is 2.16. The van der Waals surface area contributed by atoms with Crippen molar-refractivity contribution in [3.05, 3.63) is 6.92 Å². The summed E-state index contributed by atoms with van der Waals surface area (Å²) in [6.45, 7) is 8.13. The fourth-order valence-corrected chi connectivity index (χ4v) is 0.468. The van der Waals surface area contributed by atoms with Crippen molar-refractivity contribution in [2.45, 2.75) is 26.4 Å². The van der Waals surface area contributed by atoms with Crippen LogP contribution in [0.4, 0.5) is 0 Å². The van der Waals surface area contributed by atoms with E-state index in [4.69, 9.17) is 0 Å². The van der Waals surface area contributed by atoms with Crippen LogP contribution < -0.4 is 0 Å². The molecule has 0 amide bonds. The Bertz CT molecular complexity index is 81.0. The molecule has 9 heavy (non-hydrogen) atoms. The summed E-state index contributed by atoms with van der Waals surface area (Å²) in [5.41, 5.74) is 0. The van der Waals surface area contributed by atoms with Crippen LogP contribution in [-0.2, 0) is 9.53 Å². The highest BCUT2D eigenvalue weighted by Gasteiger charge is 2.09. The first kappa shape index (κ1) is 8.47. The van der Waals surface area contributed by atoms with Crippen LogP contribution in [0.1, 0.15) is 20.3 Å². The predicted molar refractivity (Wildman–Crippen MR) is 35.7 cm³/mol. The molecule has 0 saturated carbocycles. The van der Waals surface area contributed by atoms with Crippen molar-refractivity contribution < 1.29 is 9.53 Å². The lowest BCUT2D eigenvalue weighted by Gasteiger charge is -2.14. The molecule has 53 valence electrons. The molecular formula is C7H13O2. The normalized spacial score (nSPS) is 16.3. The van der Waals surface area contributed by atoms with E-state index in [1.807, 2.05) is 13.8 Å². The zero-order valence-electron chi connectivity index (χ0n) is 5.96. The maximum Gasteiger partial charge on any atom is 0.293 e. The zero-order valence-corrected chi connectivity index (χ0v) is 5.96. The van der Waals surface area contributed by atoms with Gasteiger partial charge in [-0.3, -0.25) is 4.79 Å². The van der Waals surface area contributed by atoms with Crippen molar-refractivity contribution in [1.29, 1.82) is 0 Å². The van der Waals surface area contributed by atoms with Gasteiger partial charge in [-0.15, -0.1) is 0 Å². The summed E-state index contributed by atoms with van der Waals surface area (Å²) in [4.78, 5) is 9.77. The molecule has 0 heterocycles. The zero-order chi connectivity index (χ0) is 7.28. The van der Waals surface area contributed by atoms with E-state index in [0.717, 1.165) is 6.42 Å². The topological polar surface area (TPSA) is 26.3 Å². The first-order chi connectivity index (χ1) is 4.22. The first-order valence-electron chi connectivity index (χ1n) is 3.14. The lowest BCUT2D eigenvalue weighted by molar-refractivity contribution is -0.133. The maximum atomic E-state index is 9.77. The molecule has 0 N–H and O–H groups in total. The Hall–Kier alpha value is -0.530. The second-order valence-electron chi connectivity index (χ2n) is 2.16. The Morgan fingerprint density at radius 2 is 2.33 bits per heavy atom. The molecule has 0 spiro atoms. The summed E-state index contributed by atoms with van der Waals surface area (Å²) in [6, 6.07) is 0. The van der Waals surface area contributed by atoms with E-state index in [1.165, 1.54) is 0 Å². The van der Waals surface area contributed by atoms with E-state index in [0.29, 0.717) is 12.4 Å². The third-order valence-electron chi connectivity index (χ3n) is 1.51. The van der Waals surface area contributed by atoms with Gasteiger partial charge >= 0.3 is 0 Å². The van der Waals surface area contributed by atoms with Gasteiger partial charge in [-0.2, -0.15) is 0 Å². The van der Waals surface area contributed by atoms with E-state index in [-0.39, 0.29) is 6.10 Å². The molecular weight excluding hydrogens is 116 g/mol. The minimum Gasteiger partial charge on any atom is -0.464 e. The van der Waals surface area contributed by atoms with Gasteiger partial charge in [0.05, 0.1) is 0 Å². The minimum absolute atomic E-state index is 0.188. The molecule has 2 atom stereocenters. The van der Waals surface area contributed by atoms with E-state index in [2.05, 4.69) is 11.7 Å². The van der Waals surface area contributed by atoms with Gasteiger partial charge in [0, 0.05) is 0 Å². The van der Waals surface area contributed by atoms with Crippen LogP contribution in [0.3, 0.4) is 0 Å². The number of carbonyl (C=O) groups is 1. The lowest BCUT2D eigenvalue weighted by Crippen LogP contribution is -2.16. The summed E-state index contributed by atoms with van der Waals surface area (Å²) < 4.78 is 4.60.